The van der Waals surface area contributed by atoms with Crippen molar-refractivity contribution in [2.75, 3.05) is 5.32 Å². The van der Waals surface area contributed by atoms with Crippen LogP contribution in [-0.4, -0.2) is 15.7 Å². The highest BCUT2D eigenvalue weighted by molar-refractivity contribution is 6.32. The normalized spacial score (nSPS) is 11.0. The summed E-state index contributed by atoms with van der Waals surface area (Å²) in [6, 6.07) is 21.4. The summed E-state index contributed by atoms with van der Waals surface area (Å²) in [5.41, 5.74) is 1.69. The molecule has 3 aromatic carbocycles. The van der Waals surface area contributed by atoms with E-state index in [9.17, 15) is 9.18 Å². The van der Waals surface area contributed by atoms with E-state index < -0.39 is 11.7 Å². The molecule has 34 heavy (non-hydrogen) atoms. The third-order valence-corrected chi connectivity index (χ3v) is 5.55. The molecule has 0 aliphatic rings. The van der Waals surface area contributed by atoms with Crippen molar-refractivity contribution in [3.63, 3.8) is 0 Å². The summed E-state index contributed by atoms with van der Waals surface area (Å²) in [6.45, 7) is 0.618. The van der Waals surface area contributed by atoms with Crippen LogP contribution in [0.15, 0.2) is 89.6 Å². The smallest absolute Gasteiger partial charge is 0.291 e. The minimum Gasteiger partial charge on any atom is -0.484 e. The van der Waals surface area contributed by atoms with Crippen LogP contribution in [0.1, 0.15) is 21.9 Å². The molecule has 5 rings (SSSR count). The molecule has 5 aromatic rings. The monoisotopic (exact) mass is 475 g/mol. The largest absolute Gasteiger partial charge is 0.484 e. The quantitative estimate of drug-likeness (QED) is 0.300. The number of rotatable bonds is 7. The maximum Gasteiger partial charge on any atom is 0.291 e. The van der Waals surface area contributed by atoms with Gasteiger partial charge in [0.05, 0.1) is 23.5 Å². The zero-order chi connectivity index (χ0) is 23.5. The minimum atomic E-state index is -0.449. The SMILES string of the molecule is O=C(Nc1cnn(Cc2cccc3ccccc23)c1)c1ccc(COc2ccc(F)cc2Cl)o1. The van der Waals surface area contributed by atoms with Gasteiger partial charge in [-0.2, -0.15) is 5.10 Å². The number of nitrogens with one attached hydrogen (secondary N) is 1. The van der Waals surface area contributed by atoms with Crippen LogP contribution in [0.4, 0.5) is 10.1 Å². The Kier molecular flexibility index (Phi) is 6.01. The Hall–Kier alpha value is -4.10. The lowest BCUT2D eigenvalue weighted by molar-refractivity contribution is 0.0992. The van der Waals surface area contributed by atoms with Gasteiger partial charge in [-0.1, -0.05) is 54.1 Å². The van der Waals surface area contributed by atoms with Gasteiger partial charge in [-0.05, 0) is 46.7 Å². The average Bonchev–Trinajstić information content (AvgIpc) is 3.48. The highest BCUT2D eigenvalue weighted by Gasteiger charge is 2.14. The first kappa shape index (κ1) is 21.7. The molecule has 0 aliphatic carbocycles. The van der Waals surface area contributed by atoms with Crippen molar-refractivity contribution in [1.29, 1.82) is 0 Å². The predicted octanol–water partition coefficient (Wildman–Crippen LogP) is 6.30. The average molecular weight is 476 g/mol. The Balaban J connectivity index is 1.21. The van der Waals surface area contributed by atoms with Gasteiger partial charge in [-0.15, -0.1) is 0 Å². The van der Waals surface area contributed by atoms with Crippen LogP contribution in [0.2, 0.25) is 5.02 Å². The molecule has 0 radical (unpaired) electrons. The summed E-state index contributed by atoms with van der Waals surface area (Å²) in [5.74, 6) is 0.0254. The van der Waals surface area contributed by atoms with Gasteiger partial charge >= 0.3 is 0 Å². The number of hydrogen-bond donors (Lipinski definition) is 1. The highest BCUT2D eigenvalue weighted by atomic mass is 35.5. The van der Waals surface area contributed by atoms with E-state index in [2.05, 4.69) is 34.7 Å². The second-order valence-electron chi connectivity index (χ2n) is 7.65. The van der Waals surface area contributed by atoms with Crippen LogP contribution in [0.25, 0.3) is 10.8 Å². The molecule has 6 nitrogen and oxygen atoms in total. The van der Waals surface area contributed by atoms with Crippen molar-refractivity contribution < 1.29 is 18.3 Å². The van der Waals surface area contributed by atoms with E-state index in [4.69, 9.17) is 20.8 Å². The van der Waals surface area contributed by atoms with Crippen LogP contribution >= 0.6 is 11.6 Å². The van der Waals surface area contributed by atoms with Crippen LogP contribution in [0.5, 0.6) is 5.75 Å². The number of anilines is 1. The van der Waals surface area contributed by atoms with E-state index in [-0.39, 0.29) is 17.4 Å². The van der Waals surface area contributed by atoms with E-state index in [1.54, 1.807) is 29.2 Å². The molecule has 8 heteroatoms. The Morgan fingerprint density at radius 2 is 1.94 bits per heavy atom. The van der Waals surface area contributed by atoms with E-state index >= 15 is 0 Å². The number of carbonyl (C=O) groups excluding carboxylic acids is 1. The number of fused-ring (bicyclic) bond motifs is 1. The molecule has 1 amide bonds. The van der Waals surface area contributed by atoms with Crippen molar-refractivity contribution in [3.8, 4) is 5.75 Å². The van der Waals surface area contributed by atoms with Crippen molar-refractivity contribution >= 4 is 34.0 Å². The van der Waals surface area contributed by atoms with Gasteiger partial charge in [0.25, 0.3) is 5.91 Å². The molecule has 0 saturated heterocycles. The Morgan fingerprint density at radius 1 is 1.09 bits per heavy atom. The lowest BCUT2D eigenvalue weighted by Gasteiger charge is -2.06. The van der Waals surface area contributed by atoms with Gasteiger partial charge in [-0.25, -0.2) is 4.39 Å². The standard InChI is InChI=1S/C26H19ClFN3O3/c27-23-12-19(28)8-10-24(23)33-16-21-9-11-25(34-21)26(32)30-20-13-29-31(15-20)14-18-6-3-5-17-4-1-2-7-22(17)18/h1-13,15H,14,16H2,(H,30,32). The van der Waals surface area contributed by atoms with E-state index in [1.807, 2.05) is 18.2 Å². The first-order valence-corrected chi connectivity index (χ1v) is 10.9. The fourth-order valence-corrected chi connectivity index (χ4v) is 3.85. The van der Waals surface area contributed by atoms with Crippen LogP contribution in [0, 0.1) is 5.82 Å². The zero-order valence-electron chi connectivity index (χ0n) is 17.9. The lowest BCUT2D eigenvalue weighted by Crippen LogP contribution is -2.10. The molecule has 0 spiro atoms. The summed E-state index contributed by atoms with van der Waals surface area (Å²) in [4.78, 5) is 12.6. The predicted molar refractivity (Wildman–Crippen MR) is 128 cm³/mol. The Labute approximate surface area is 199 Å². The summed E-state index contributed by atoms with van der Waals surface area (Å²) in [6.07, 6.45) is 3.36. The molecule has 0 saturated carbocycles. The number of halogens is 2. The second-order valence-corrected chi connectivity index (χ2v) is 8.06. The Morgan fingerprint density at radius 3 is 2.82 bits per heavy atom. The number of furan rings is 1. The number of nitrogens with zero attached hydrogens (tertiary/aromatic N) is 2. The highest BCUT2D eigenvalue weighted by Crippen LogP contribution is 2.26. The van der Waals surface area contributed by atoms with Crippen molar-refractivity contribution in [1.82, 2.24) is 9.78 Å². The van der Waals surface area contributed by atoms with E-state index in [0.29, 0.717) is 23.7 Å². The third kappa shape index (κ3) is 4.79. The second kappa shape index (κ2) is 9.41. The summed E-state index contributed by atoms with van der Waals surface area (Å²) < 4.78 is 26.0. The van der Waals surface area contributed by atoms with E-state index in [1.165, 1.54) is 29.0 Å². The maximum absolute atomic E-state index is 13.1. The zero-order valence-corrected chi connectivity index (χ0v) is 18.6. The molecule has 0 fully saturated rings. The first-order valence-electron chi connectivity index (χ1n) is 10.5. The van der Waals surface area contributed by atoms with Gasteiger partial charge in [-0.3, -0.25) is 9.48 Å². The molecule has 0 unspecified atom stereocenters. The molecular formula is C26H19ClFN3O3. The number of carbonyl (C=O) groups is 1. The topological polar surface area (TPSA) is 69.3 Å². The first-order chi connectivity index (χ1) is 16.5. The third-order valence-electron chi connectivity index (χ3n) is 5.25. The van der Waals surface area contributed by atoms with Crippen molar-refractivity contribution in [2.24, 2.45) is 0 Å². The van der Waals surface area contributed by atoms with Crippen molar-refractivity contribution in [2.45, 2.75) is 13.2 Å². The number of benzene rings is 3. The molecule has 0 bridgehead atoms. The minimum absolute atomic E-state index is 0.0433. The molecular weight excluding hydrogens is 457 g/mol. The molecule has 1 N–H and O–H groups in total. The van der Waals surface area contributed by atoms with Crippen molar-refractivity contribution in [3.05, 3.63) is 113 Å². The molecule has 170 valence electrons. The van der Waals surface area contributed by atoms with Gasteiger partial charge in [0.1, 0.15) is 23.9 Å². The summed E-state index contributed by atoms with van der Waals surface area (Å²) in [5, 5.41) is 9.63. The van der Waals surface area contributed by atoms with Gasteiger partial charge in [0, 0.05) is 6.20 Å². The molecule has 2 heterocycles. The number of amides is 1. The van der Waals surface area contributed by atoms with Gasteiger partial charge < -0.3 is 14.5 Å². The van der Waals surface area contributed by atoms with Gasteiger partial charge in [0.15, 0.2) is 5.76 Å². The summed E-state index contributed by atoms with van der Waals surface area (Å²) >= 11 is 5.96. The Bertz CT molecular complexity index is 1470. The van der Waals surface area contributed by atoms with Crippen LogP contribution < -0.4 is 10.1 Å². The number of hydrogen-bond acceptors (Lipinski definition) is 4. The number of ether oxygens (including phenoxy) is 1. The molecule has 2 aromatic heterocycles. The lowest BCUT2D eigenvalue weighted by atomic mass is 10.0. The number of aromatic nitrogens is 2. The maximum atomic E-state index is 13.1. The fourth-order valence-electron chi connectivity index (χ4n) is 3.63. The van der Waals surface area contributed by atoms with E-state index in [0.717, 1.165) is 5.56 Å². The van der Waals surface area contributed by atoms with Crippen LogP contribution in [-0.2, 0) is 13.2 Å². The summed E-state index contributed by atoms with van der Waals surface area (Å²) in [7, 11) is 0. The fraction of sp³-hybridized carbons (Fsp3) is 0.0769. The molecule has 0 aliphatic heterocycles. The molecule has 0 atom stereocenters. The van der Waals surface area contributed by atoms with Crippen LogP contribution in [0.3, 0.4) is 0 Å². The van der Waals surface area contributed by atoms with Gasteiger partial charge in [0.2, 0.25) is 0 Å².